The molecular weight excluding hydrogens is 238 g/mol. The number of alkyl halides is 2. The Labute approximate surface area is 92.0 Å². The van der Waals surface area contributed by atoms with Crippen molar-refractivity contribution in [3.63, 3.8) is 0 Å². The molecule has 1 aromatic carbocycles. The summed E-state index contributed by atoms with van der Waals surface area (Å²) in [4.78, 5) is 9.76. The molecule has 0 aliphatic carbocycles. The zero-order valence-electron chi connectivity index (χ0n) is 8.48. The summed E-state index contributed by atoms with van der Waals surface area (Å²) in [5.74, 6) is -4.07. The average Bonchev–Trinajstić information content (AvgIpc) is 2.29. The predicted octanol–water partition coefficient (Wildman–Crippen LogP) is 1.77. The van der Waals surface area contributed by atoms with E-state index >= 15 is 0 Å². The fourth-order valence-corrected chi connectivity index (χ4v) is 2.37. The van der Waals surface area contributed by atoms with Crippen molar-refractivity contribution in [1.29, 1.82) is 0 Å². The molecule has 0 saturated heterocycles. The Balaban J connectivity index is 3.49. The maximum atomic E-state index is 13.2. The van der Waals surface area contributed by atoms with E-state index in [1.54, 1.807) is 0 Å². The van der Waals surface area contributed by atoms with Crippen LogP contribution in [0.4, 0.5) is 8.78 Å². The number of carbonyl (C=O) groups is 1. The molecule has 0 bridgehead atoms. The van der Waals surface area contributed by atoms with E-state index in [0.29, 0.717) is 0 Å². The van der Waals surface area contributed by atoms with Gasteiger partial charge in [-0.25, -0.2) is 8.42 Å². The van der Waals surface area contributed by atoms with Crippen LogP contribution in [-0.2, 0) is 20.6 Å². The van der Waals surface area contributed by atoms with Crippen LogP contribution in [0.5, 0.6) is 0 Å². The number of aldehydes is 1. The van der Waals surface area contributed by atoms with Gasteiger partial charge >= 0.3 is 5.92 Å². The van der Waals surface area contributed by atoms with Crippen molar-refractivity contribution in [2.24, 2.45) is 0 Å². The van der Waals surface area contributed by atoms with E-state index in [0.717, 1.165) is 12.1 Å². The average molecular weight is 248 g/mol. The SMILES string of the molecule is CCS(=O)(=O)c1ccccc1C(F)(F)C=O. The highest BCUT2D eigenvalue weighted by Gasteiger charge is 2.36. The molecule has 1 aromatic rings. The Morgan fingerprint density at radius 2 is 1.88 bits per heavy atom. The lowest BCUT2D eigenvalue weighted by molar-refractivity contribution is -0.130. The first-order valence-electron chi connectivity index (χ1n) is 4.51. The first kappa shape index (κ1) is 12.8. The Morgan fingerprint density at radius 3 is 2.38 bits per heavy atom. The minimum Gasteiger partial charge on any atom is -0.296 e. The Hall–Kier alpha value is -1.30. The summed E-state index contributed by atoms with van der Waals surface area (Å²) in [7, 11) is -3.76. The Bertz CT molecular complexity index is 495. The third kappa shape index (κ3) is 2.27. The number of carbonyl (C=O) groups excluding carboxylic acids is 1. The van der Waals surface area contributed by atoms with Crippen LogP contribution in [0.3, 0.4) is 0 Å². The monoisotopic (exact) mass is 248 g/mol. The van der Waals surface area contributed by atoms with Gasteiger partial charge in [0.05, 0.1) is 10.6 Å². The van der Waals surface area contributed by atoms with Crippen molar-refractivity contribution in [2.75, 3.05) is 5.75 Å². The number of hydrogen-bond acceptors (Lipinski definition) is 3. The zero-order valence-corrected chi connectivity index (χ0v) is 9.30. The van der Waals surface area contributed by atoms with Crippen LogP contribution in [0.25, 0.3) is 0 Å². The number of benzene rings is 1. The molecule has 0 saturated carbocycles. The molecule has 16 heavy (non-hydrogen) atoms. The zero-order chi connectivity index (χ0) is 12.4. The number of rotatable bonds is 4. The minimum atomic E-state index is -3.78. The van der Waals surface area contributed by atoms with Crippen molar-refractivity contribution in [3.05, 3.63) is 29.8 Å². The van der Waals surface area contributed by atoms with Gasteiger partial charge in [0.1, 0.15) is 0 Å². The van der Waals surface area contributed by atoms with E-state index in [4.69, 9.17) is 0 Å². The Kier molecular flexibility index (Phi) is 3.42. The fourth-order valence-electron chi connectivity index (χ4n) is 1.23. The summed E-state index contributed by atoms with van der Waals surface area (Å²) in [6.45, 7) is 1.35. The second-order valence-electron chi connectivity index (χ2n) is 3.14. The predicted molar refractivity (Wildman–Crippen MR) is 54.1 cm³/mol. The first-order chi connectivity index (χ1) is 7.35. The second-order valence-corrected chi connectivity index (χ2v) is 5.39. The second kappa shape index (κ2) is 4.29. The summed E-state index contributed by atoms with van der Waals surface area (Å²) in [5.41, 5.74) is -0.771. The largest absolute Gasteiger partial charge is 0.328 e. The van der Waals surface area contributed by atoms with Crippen LogP contribution < -0.4 is 0 Å². The van der Waals surface area contributed by atoms with E-state index in [9.17, 15) is 22.0 Å². The number of halogens is 2. The minimum absolute atomic E-state index is 0.293. The van der Waals surface area contributed by atoms with Crippen molar-refractivity contribution in [2.45, 2.75) is 17.7 Å². The van der Waals surface area contributed by atoms with Gasteiger partial charge in [0, 0.05) is 5.56 Å². The topological polar surface area (TPSA) is 51.2 Å². The van der Waals surface area contributed by atoms with Crippen molar-refractivity contribution < 1.29 is 22.0 Å². The van der Waals surface area contributed by atoms with E-state index in [1.165, 1.54) is 19.1 Å². The summed E-state index contributed by atoms with van der Waals surface area (Å²) < 4.78 is 49.4. The van der Waals surface area contributed by atoms with Gasteiger partial charge in [-0.3, -0.25) is 4.79 Å². The lowest BCUT2D eigenvalue weighted by Gasteiger charge is -2.13. The van der Waals surface area contributed by atoms with Crippen LogP contribution in [0.15, 0.2) is 29.2 Å². The molecule has 0 fully saturated rings. The smallest absolute Gasteiger partial charge is 0.296 e. The van der Waals surface area contributed by atoms with Crippen LogP contribution in [-0.4, -0.2) is 20.5 Å². The molecule has 0 aromatic heterocycles. The summed E-state index contributed by atoms with van der Waals surface area (Å²) in [6.07, 6.45) is -0.559. The highest BCUT2D eigenvalue weighted by Crippen LogP contribution is 2.31. The van der Waals surface area contributed by atoms with E-state index < -0.39 is 32.5 Å². The molecule has 0 aliphatic rings. The molecule has 0 atom stereocenters. The Morgan fingerprint density at radius 1 is 1.31 bits per heavy atom. The quantitative estimate of drug-likeness (QED) is 0.763. The molecule has 0 unspecified atom stereocenters. The molecule has 0 radical (unpaired) electrons. The number of hydrogen-bond donors (Lipinski definition) is 0. The van der Waals surface area contributed by atoms with Crippen molar-refractivity contribution in [3.8, 4) is 0 Å². The molecule has 0 spiro atoms. The molecular formula is C10H10F2O3S. The van der Waals surface area contributed by atoms with E-state index in [-0.39, 0.29) is 5.75 Å². The summed E-state index contributed by atoms with van der Waals surface area (Å²) in [5, 5.41) is 0. The molecule has 88 valence electrons. The van der Waals surface area contributed by atoms with Gasteiger partial charge in [-0.15, -0.1) is 0 Å². The van der Waals surface area contributed by atoms with Gasteiger partial charge in [-0.1, -0.05) is 25.1 Å². The van der Waals surface area contributed by atoms with Crippen LogP contribution in [0, 0.1) is 0 Å². The van der Waals surface area contributed by atoms with Crippen LogP contribution in [0.2, 0.25) is 0 Å². The lowest BCUT2D eigenvalue weighted by atomic mass is 10.1. The van der Waals surface area contributed by atoms with Crippen molar-refractivity contribution >= 4 is 16.1 Å². The highest BCUT2D eigenvalue weighted by atomic mass is 32.2. The third-order valence-electron chi connectivity index (χ3n) is 2.11. The van der Waals surface area contributed by atoms with Crippen molar-refractivity contribution in [1.82, 2.24) is 0 Å². The summed E-state index contributed by atoms with van der Waals surface area (Å²) in [6, 6.07) is 4.62. The van der Waals surface area contributed by atoms with Gasteiger partial charge in [-0.2, -0.15) is 8.78 Å². The molecule has 0 N–H and O–H groups in total. The third-order valence-corrected chi connectivity index (χ3v) is 3.90. The van der Waals surface area contributed by atoms with E-state index in [2.05, 4.69) is 0 Å². The molecule has 0 aliphatic heterocycles. The highest BCUT2D eigenvalue weighted by molar-refractivity contribution is 7.91. The van der Waals surface area contributed by atoms with Crippen LogP contribution in [0.1, 0.15) is 12.5 Å². The lowest BCUT2D eigenvalue weighted by Crippen LogP contribution is -2.20. The van der Waals surface area contributed by atoms with Gasteiger partial charge in [0.15, 0.2) is 16.1 Å². The van der Waals surface area contributed by atoms with Gasteiger partial charge in [0.25, 0.3) is 0 Å². The maximum Gasteiger partial charge on any atom is 0.328 e. The standard InChI is InChI=1S/C10H10F2O3S/c1-2-16(14,15)9-6-4-3-5-8(9)10(11,12)7-13/h3-7H,2H2,1H3. The number of sulfone groups is 1. The first-order valence-corrected chi connectivity index (χ1v) is 6.17. The summed E-state index contributed by atoms with van der Waals surface area (Å²) >= 11 is 0. The normalized spacial score (nSPS) is 12.4. The molecule has 1 rings (SSSR count). The molecule has 3 nitrogen and oxygen atoms in total. The van der Waals surface area contributed by atoms with Crippen LogP contribution >= 0.6 is 0 Å². The molecule has 0 heterocycles. The maximum absolute atomic E-state index is 13.2. The fraction of sp³-hybridized carbons (Fsp3) is 0.300. The van der Waals surface area contributed by atoms with E-state index in [1.807, 2.05) is 0 Å². The van der Waals surface area contributed by atoms with Gasteiger partial charge in [0.2, 0.25) is 0 Å². The molecule has 6 heteroatoms. The van der Waals surface area contributed by atoms with Gasteiger partial charge in [-0.05, 0) is 6.07 Å². The molecule has 0 amide bonds. The van der Waals surface area contributed by atoms with Gasteiger partial charge < -0.3 is 0 Å².